The lowest BCUT2D eigenvalue weighted by Gasteiger charge is -2.09. The predicted molar refractivity (Wildman–Crippen MR) is 75.4 cm³/mol. The van der Waals surface area contributed by atoms with Gasteiger partial charge in [-0.1, -0.05) is 18.2 Å². The number of furan rings is 1. The average molecular weight is 269 g/mol. The Labute approximate surface area is 116 Å². The summed E-state index contributed by atoms with van der Waals surface area (Å²) in [6, 6.07) is 9.07. The van der Waals surface area contributed by atoms with Crippen molar-refractivity contribution in [1.29, 1.82) is 0 Å². The van der Waals surface area contributed by atoms with Crippen molar-refractivity contribution >= 4 is 16.9 Å². The number of hydrogen-bond acceptors (Lipinski definition) is 3. The Bertz CT molecular complexity index is 724. The lowest BCUT2D eigenvalue weighted by atomic mass is 10.2. The average Bonchev–Trinajstić information content (AvgIpc) is 3.04. The lowest BCUT2D eigenvalue weighted by molar-refractivity contribution is 0.0912. The van der Waals surface area contributed by atoms with Gasteiger partial charge in [-0.05, 0) is 26.0 Å². The summed E-state index contributed by atoms with van der Waals surface area (Å²) in [5, 5.41) is 3.78. The summed E-state index contributed by atoms with van der Waals surface area (Å²) in [5.74, 6) is 0.788. The molecule has 0 bridgehead atoms. The molecule has 3 aromatic rings. The van der Waals surface area contributed by atoms with Gasteiger partial charge in [0.1, 0.15) is 11.4 Å². The number of aromatic nitrogens is 2. The third-order valence-electron chi connectivity index (χ3n) is 3.13. The molecule has 0 aliphatic heterocycles. The van der Waals surface area contributed by atoms with Gasteiger partial charge in [0.15, 0.2) is 5.76 Å². The van der Waals surface area contributed by atoms with E-state index in [0.29, 0.717) is 11.3 Å². The first kappa shape index (κ1) is 12.5. The number of rotatable bonds is 3. The number of H-pyrrole nitrogens is 1. The highest BCUT2D eigenvalue weighted by atomic mass is 16.3. The van der Waals surface area contributed by atoms with Gasteiger partial charge in [-0.15, -0.1) is 0 Å². The van der Waals surface area contributed by atoms with Gasteiger partial charge < -0.3 is 14.7 Å². The molecule has 2 N–H and O–H groups in total. The number of aromatic amines is 1. The van der Waals surface area contributed by atoms with E-state index in [1.54, 1.807) is 12.3 Å². The summed E-state index contributed by atoms with van der Waals surface area (Å²) in [5.41, 5.74) is 1.67. The first-order chi connectivity index (χ1) is 9.63. The van der Waals surface area contributed by atoms with Gasteiger partial charge in [-0.2, -0.15) is 0 Å². The van der Waals surface area contributed by atoms with Crippen LogP contribution in [0.25, 0.3) is 11.0 Å². The largest absolute Gasteiger partial charge is 0.451 e. The zero-order valence-corrected chi connectivity index (χ0v) is 11.3. The van der Waals surface area contributed by atoms with E-state index < -0.39 is 0 Å². The number of carbonyl (C=O) groups excluding carboxylic acids is 1. The minimum Gasteiger partial charge on any atom is -0.451 e. The topological polar surface area (TPSA) is 70.9 Å². The van der Waals surface area contributed by atoms with Gasteiger partial charge in [0, 0.05) is 17.3 Å². The summed E-state index contributed by atoms with van der Waals surface area (Å²) in [6.45, 7) is 3.79. The zero-order chi connectivity index (χ0) is 14.1. The Morgan fingerprint density at radius 3 is 2.90 bits per heavy atom. The summed E-state index contributed by atoms with van der Waals surface area (Å²) in [7, 11) is 0. The minimum atomic E-state index is -0.247. The molecule has 0 unspecified atom stereocenters. The fourth-order valence-corrected chi connectivity index (χ4v) is 2.08. The molecule has 0 aliphatic carbocycles. The molecule has 0 radical (unpaired) electrons. The van der Waals surface area contributed by atoms with Crippen molar-refractivity contribution in [2.24, 2.45) is 0 Å². The number of hydrogen-bond donors (Lipinski definition) is 2. The molecule has 1 amide bonds. The summed E-state index contributed by atoms with van der Waals surface area (Å²) < 4.78 is 5.53. The maximum absolute atomic E-state index is 12.2. The van der Waals surface area contributed by atoms with Crippen LogP contribution < -0.4 is 5.32 Å². The van der Waals surface area contributed by atoms with Gasteiger partial charge in [-0.3, -0.25) is 4.79 Å². The molecule has 102 valence electrons. The molecule has 0 aliphatic rings. The molecule has 5 nitrogen and oxygen atoms in total. The lowest BCUT2D eigenvalue weighted by Crippen LogP contribution is -2.26. The van der Waals surface area contributed by atoms with Crippen LogP contribution in [0.1, 0.15) is 35.0 Å². The van der Waals surface area contributed by atoms with Crippen molar-refractivity contribution in [3.8, 4) is 0 Å². The van der Waals surface area contributed by atoms with Crippen LogP contribution in [0.4, 0.5) is 0 Å². The number of imidazole rings is 1. The van der Waals surface area contributed by atoms with E-state index in [-0.39, 0.29) is 11.9 Å². The highest BCUT2D eigenvalue weighted by Crippen LogP contribution is 2.19. The van der Waals surface area contributed by atoms with E-state index in [0.717, 1.165) is 16.9 Å². The monoisotopic (exact) mass is 269 g/mol. The van der Waals surface area contributed by atoms with Crippen molar-refractivity contribution in [3.63, 3.8) is 0 Å². The molecule has 3 rings (SSSR count). The van der Waals surface area contributed by atoms with Crippen molar-refractivity contribution in [3.05, 3.63) is 53.8 Å². The normalized spacial score (nSPS) is 12.5. The van der Waals surface area contributed by atoms with Crippen LogP contribution >= 0.6 is 0 Å². The SMILES string of the molecule is Cc1cnc([C@H](C)NC(=O)c2cc3ccccc3o2)[nH]1. The smallest absolute Gasteiger partial charge is 0.287 e. The van der Waals surface area contributed by atoms with Crippen LogP contribution in [-0.4, -0.2) is 15.9 Å². The number of fused-ring (bicyclic) bond motifs is 1. The van der Waals surface area contributed by atoms with Crippen molar-refractivity contribution in [1.82, 2.24) is 15.3 Å². The van der Waals surface area contributed by atoms with Crippen LogP contribution in [0.2, 0.25) is 0 Å². The zero-order valence-electron chi connectivity index (χ0n) is 11.3. The van der Waals surface area contributed by atoms with Crippen molar-refractivity contribution < 1.29 is 9.21 Å². The fraction of sp³-hybridized carbons (Fsp3) is 0.200. The van der Waals surface area contributed by atoms with Crippen LogP contribution in [0.15, 0.2) is 40.9 Å². The second kappa shape index (κ2) is 4.85. The Morgan fingerprint density at radius 1 is 1.40 bits per heavy atom. The molecule has 5 heteroatoms. The van der Waals surface area contributed by atoms with Crippen LogP contribution in [0.3, 0.4) is 0 Å². The van der Waals surface area contributed by atoms with Crippen LogP contribution in [0, 0.1) is 6.92 Å². The molecule has 20 heavy (non-hydrogen) atoms. The van der Waals surface area contributed by atoms with E-state index in [9.17, 15) is 4.79 Å². The summed E-state index contributed by atoms with van der Waals surface area (Å²) >= 11 is 0. The van der Waals surface area contributed by atoms with Gasteiger partial charge in [0.2, 0.25) is 0 Å². The maximum atomic E-state index is 12.2. The van der Waals surface area contributed by atoms with Gasteiger partial charge >= 0.3 is 0 Å². The Hall–Kier alpha value is -2.56. The first-order valence-electron chi connectivity index (χ1n) is 6.44. The van der Waals surface area contributed by atoms with Crippen molar-refractivity contribution in [2.75, 3.05) is 0 Å². The van der Waals surface area contributed by atoms with E-state index in [2.05, 4.69) is 15.3 Å². The van der Waals surface area contributed by atoms with Crippen LogP contribution in [-0.2, 0) is 0 Å². The summed E-state index contributed by atoms with van der Waals surface area (Å²) in [6.07, 6.45) is 1.74. The number of nitrogens with one attached hydrogen (secondary N) is 2. The number of amides is 1. The summed E-state index contributed by atoms with van der Waals surface area (Å²) in [4.78, 5) is 19.5. The first-order valence-corrected chi connectivity index (χ1v) is 6.44. The number of aryl methyl sites for hydroxylation is 1. The molecule has 1 aromatic carbocycles. The molecular formula is C15H15N3O2. The Morgan fingerprint density at radius 2 is 2.20 bits per heavy atom. The van der Waals surface area contributed by atoms with E-state index >= 15 is 0 Å². The Kier molecular flexibility index (Phi) is 3.02. The molecule has 0 spiro atoms. The number of nitrogens with zero attached hydrogens (tertiary/aromatic N) is 1. The molecule has 2 aromatic heterocycles. The maximum Gasteiger partial charge on any atom is 0.287 e. The number of para-hydroxylation sites is 1. The second-order valence-electron chi connectivity index (χ2n) is 4.80. The van der Waals surface area contributed by atoms with Crippen molar-refractivity contribution in [2.45, 2.75) is 19.9 Å². The van der Waals surface area contributed by atoms with E-state index in [1.165, 1.54) is 0 Å². The molecule has 1 atom stereocenters. The predicted octanol–water partition coefficient (Wildman–Crippen LogP) is 2.96. The van der Waals surface area contributed by atoms with Gasteiger partial charge in [-0.25, -0.2) is 4.98 Å². The second-order valence-corrected chi connectivity index (χ2v) is 4.80. The molecular weight excluding hydrogens is 254 g/mol. The number of benzene rings is 1. The van der Waals surface area contributed by atoms with Crippen LogP contribution in [0.5, 0.6) is 0 Å². The molecule has 0 saturated carbocycles. The number of carbonyl (C=O) groups is 1. The highest BCUT2D eigenvalue weighted by molar-refractivity contribution is 5.96. The third-order valence-corrected chi connectivity index (χ3v) is 3.13. The van der Waals surface area contributed by atoms with Gasteiger partial charge in [0.25, 0.3) is 5.91 Å². The quantitative estimate of drug-likeness (QED) is 0.768. The Balaban J connectivity index is 1.78. The van der Waals surface area contributed by atoms with Gasteiger partial charge in [0.05, 0.1) is 6.04 Å². The highest BCUT2D eigenvalue weighted by Gasteiger charge is 2.16. The fourth-order valence-electron chi connectivity index (χ4n) is 2.08. The third kappa shape index (κ3) is 2.30. The standard InChI is InChI=1S/C15H15N3O2/c1-9-8-16-14(17-9)10(2)18-15(19)13-7-11-5-3-4-6-12(11)20-13/h3-8,10H,1-2H3,(H,16,17)(H,18,19)/t10-/m0/s1. The minimum absolute atomic E-state index is 0.204. The molecule has 2 heterocycles. The molecule has 0 fully saturated rings. The molecule has 0 saturated heterocycles. The van der Waals surface area contributed by atoms with E-state index in [4.69, 9.17) is 4.42 Å². The van der Waals surface area contributed by atoms with E-state index in [1.807, 2.05) is 38.1 Å².